The van der Waals surface area contributed by atoms with Crippen LogP contribution in [0.15, 0.2) is 24.3 Å². The number of benzene rings is 1. The molecule has 0 unspecified atom stereocenters. The molecule has 6 heteroatoms. The molecule has 2 aliphatic heterocycles. The monoisotopic (exact) mass is 351 g/mol. The Kier molecular flexibility index (Phi) is 5.98. The molecular formula is C18H26ClN3O2. The summed E-state index contributed by atoms with van der Waals surface area (Å²) in [5.41, 5.74) is 1.15. The number of nitrogens with one attached hydrogen (secondary N) is 1. The van der Waals surface area contributed by atoms with Crippen LogP contribution in [0.1, 0.15) is 31.4 Å². The number of urea groups is 1. The average molecular weight is 352 g/mol. The molecule has 0 saturated carbocycles. The molecule has 2 saturated heterocycles. The standard InChI is InChI=1S/C18H26ClN3O2/c1-14(16-4-2-3-5-17(16)19)21-8-10-22(11-9-21)18(23)20-15-6-12-24-13-7-15/h2-5,14-15H,6-13H2,1H3,(H,20,23)/t14-/m0/s1. The maximum absolute atomic E-state index is 12.4. The predicted octanol–water partition coefficient (Wildman–Crippen LogP) is 2.91. The van der Waals surface area contributed by atoms with Crippen molar-refractivity contribution in [2.75, 3.05) is 39.4 Å². The second-order valence-corrected chi connectivity index (χ2v) is 6.96. The maximum atomic E-state index is 12.4. The second kappa shape index (κ2) is 8.19. The van der Waals surface area contributed by atoms with Gasteiger partial charge in [-0.25, -0.2) is 4.79 Å². The van der Waals surface area contributed by atoms with Gasteiger partial charge in [-0.1, -0.05) is 29.8 Å². The van der Waals surface area contributed by atoms with E-state index in [1.54, 1.807) is 0 Å². The molecule has 0 aliphatic carbocycles. The van der Waals surface area contributed by atoms with Crippen molar-refractivity contribution in [3.63, 3.8) is 0 Å². The molecule has 2 heterocycles. The van der Waals surface area contributed by atoms with Crippen LogP contribution >= 0.6 is 11.6 Å². The molecule has 24 heavy (non-hydrogen) atoms. The first-order chi connectivity index (χ1) is 11.6. The topological polar surface area (TPSA) is 44.8 Å². The normalized spacial score (nSPS) is 21.5. The van der Waals surface area contributed by atoms with Crippen LogP contribution in [0.3, 0.4) is 0 Å². The van der Waals surface area contributed by atoms with Gasteiger partial charge in [-0.05, 0) is 31.4 Å². The van der Waals surface area contributed by atoms with Crippen molar-refractivity contribution in [2.24, 2.45) is 0 Å². The minimum absolute atomic E-state index is 0.0620. The molecule has 1 atom stereocenters. The van der Waals surface area contributed by atoms with Gasteiger partial charge >= 0.3 is 6.03 Å². The Balaban J connectivity index is 1.50. The first-order valence-corrected chi connectivity index (χ1v) is 9.14. The van der Waals surface area contributed by atoms with E-state index in [9.17, 15) is 4.79 Å². The summed E-state index contributed by atoms with van der Waals surface area (Å²) < 4.78 is 5.34. The van der Waals surface area contributed by atoms with Crippen molar-refractivity contribution in [3.8, 4) is 0 Å². The Hall–Kier alpha value is -1.30. The molecule has 0 aromatic heterocycles. The Labute approximate surface area is 148 Å². The molecule has 0 spiro atoms. The number of rotatable bonds is 3. The van der Waals surface area contributed by atoms with Crippen molar-refractivity contribution in [1.82, 2.24) is 15.1 Å². The minimum Gasteiger partial charge on any atom is -0.381 e. The maximum Gasteiger partial charge on any atom is 0.317 e. The minimum atomic E-state index is 0.0620. The van der Waals surface area contributed by atoms with E-state index >= 15 is 0 Å². The quantitative estimate of drug-likeness (QED) is 0.910. The first kappa shape index (κ1) is 17.5. The van der Waals surface area contributed by atoms with Gasteiger partial charge in [0.15, 0.2) is 0 Å². The summed E-state index contributed by atoms with van der Waals surface area (Å²) in [5.74, 6) is 0. The third kappa shape index (κ3) is 4.21. The number of hydrogen-bond donors (Lipinski definition) is 1. The second-order valence-electron chi connectivity index (χ2n) is 6.56. The summed E-state index contributed by atoms with van der Waals surface area (Å²) in [6, 6.07) is 8.58. The Bertz CT molecular complexity index is 555. The fourth-order valence-corrected chi connectivity index (χ4v) is 3.72. The molecule has 3 rings (SSSR count). The molecule has 1 aromatic carbocycles. The van der Waals surface area contributed by atoms with Crippen molar-refractivity contribution in [3.05, 3.63) is 34.9 Å². The van der Waals surface area contributed by atoms with Gasteiger partial charge in [0.25, 0.3) is 0 Å². The Morgan fingerprint density at radius 2 is 1.88 bits per heavy atom. The number of halogens is 1. The lowest BCUT2D eigenvalue weighted by molar-refractivity contribution is 0.0743. The molecule has 5 nitrogen and oxygen atoms in total. The van der Waals surface area contributed by atoms with Gasteiger partial charge in [-0.15, -0.1) is 0 Å². The zero-order valence-corrected chi connectivity index (χ0v) is 15.0. The smallest absolute Gasteiger partial charge is 0.317 e. The number of nitrogens with zero attached hydrogens (tertiary/aromatic N) is 2. The summed E-state index contributed by atoms with van der Waals surface area (Å²) in [7, 11) is 0. The number of ether oxygens (including phenoxy) is 1. The fraction of sp³-hybridized carbons (Fsp3) is 0.611. The summed E-state index contributed by atoms with van der Waals surface area (Å²) in [6.45, 7) is 6.91. The van der Waals surface area contributed by atoms with Crippen LogP contribution in [0.4, 0.5) is 4.79 Å². The molecular weight excluding hydrogens is 326 g/mol. The molecule has 0 radical (unpaired) electrons. The van der Waals surface area contributed by atoms with E-state index in [1.165, 1.54) is 0 Å². The molecule has 2 amide bonds. The highest BCUT2D eigenvalue weighted by Gasteiger charge is 2.27. The zero-order chi connectivity index (χ0) is 16.9. The molecule has 1 N–H and O–H groups in total. The summed E-state index contributed by atoms with van der Waals surface area (Å²) in [4.78, 5) is 16.7. The summed E-state index contributed by atoms with van der Waals surface area (Å²) in [5, 5.41) is 3.95. The molecule has 2 fully saturated rings. The van der Waals surface area contributed by atoms with Crippen LogP contribution in [0.5, 0.6) is 0 Å². The Morgan fingerprint density at radius 3 is 2.54 bits per heavy atom. The van der Waals surface area contributed by atoms with Crippen molar-refractivity contribution < 1.29 is 9.53 Å². The van der Waals surface area contributed by atoms with Crippen molar-refractivity contribution in [2.45, 2.75) is 31.8 Å². The average Bonchev–Trinajstić information content (AvgIpc) is 2.62. The van der Waals surface area contributed by atoms with Gasteiger partial charge in [-0.3, -0.25) is 4.90 Å². The van der Waals surface area contributed by atoms with Gasteiger partial charge < -0.3 is 15.0 Å². The van der Waals surface area contributed by atoms with E-state index in [-0.39, 0.29) is 18.1 Å². The third-order valence-electron chi connectivity index (χ3n) is 5.05. The molecule has 1 aromatic rings. The third-order valence-corrected chi connectivity index (χ3v) is 5.40. The van der Waals surface area contributed by atoms with Crippen molar-refractivity contribution in [1.29, 1.82) is 0 Å². The molecule has 132 valence electrons. The van der Waals surface area contributed by atoms with Crippen LogP contribution in [0.2, 0.25) is 5.02 Å². The largest absolute Gasteiger partial charge is 0.381 e. The van der Waals surface area contributed by atoms with Crippen LogP contribution in [0, 0.1) is 0 Å². The number of carbonyl (C=O) groups is 1. The van der Waals surface area contributed by atoms with Crippen LogP contribution in [-0.4, -0.2) is 61.3 Å². The van der Waals surface area contributed by atoms with E-state index in [0.29, 0.717) is 0 Å². The van der Waals surface area contributed by atoms with Crippen molar-refractivity contribution >= 4 is 17.6 Å². The lowest BCUT2D eigenvalue weighted by Gasteiger charge is -2.39. The number of piperazine rings is 1. The highest BCUT2D eigenvalue weighted by atomic mass is 35.5. The fourth-order valence-electron chi connectivity index (χ4n) is 3.43. The van der Waals surface area contributed by atoms with E-state index in [0.717, 1.165) is 62.8 Å². The van der Waals surface area contributed by atoms with Crippen LogP contribution < -0.4 is 5.32 Å². The van der Waals surface area contributed by atoms with E-state index in [2.05, 4.69) is 23.2 Å². The van der Waals surface area contributed by atoms with Gasteiger partial charge in [0.1, 0.15) is 0 Å². The molecule has 0 bridgehead atoms. The SMILES string of the molecule is C[C@@H](c1ccccc1Cl)N1CCN(C(=O)NC2CCOCC2)CC1. The summed E-state index contributed by atoms with van der Waals surface area (Å²) in [6.07, 6.45) is 1.82. The Morgan fingerprint density at radius 1 is 1.21 bits per heavy atom. The highest BCUT2D eigenvalue weighted by molar-refractivity contribution is 6.31. The van der Waals surface area contributed by atoms with E-state index in [4.69, 9.17) is 16.3 Å². The van der Waals surface area contributed by atoms with Crippen LogP contribution in [0.25, 0.3) is 0 Å². The van der Waals surface area contributed by atoms with E-state index < -0.39 is 0 Å². The zero-order valence-electron chi connectivity index (χ0n) is 14.2. The summed E-state index contributed by atoms with van der Waals surface area (Å²) >= 11 is 6.31. The number of hydrogen-bond acceptors (Lipinski definition) is 3. The molecule has 2 aliphatic rings. The van der Waals surface area contributed by atoms with Crippen LogP contribution in [-0.2, 0) is 4.74 Å². The number of carbonyl (C=O) groups excluding carboxylic acids is 1. The lowest BCUT2D eigenvalue weighted by Crippen LogP contribution is -2.54. The highest BCUT2D eigenvalue weighted by Crippen LogP contribution is 2.27. The predicted molar refractivity (Wildman–Crippen MR) is 95.4 cm³/mol. The van der Waals surface area contributed by atoms with Gasteiger partial charge in [0.05, 0.1) is 0 Å². The number of amides is 2. The van der Waals surface area contributed by atoms with Gasteiger partial charge in [-0.2, -0.15) is 0 Å². The van der Waals surface area contributed by atoms with Gasteiger partial charge in [0, 0.05) is 56.5 Å². The lowest BCUT2D eigenvalue weighted by atomic mass is 10.1. The first-order valence-electron chi connectivity index (χ1n) is 8.77. The van der Waals surface area contributed by atoms with Gasteiger partial charge in [0.2, 0.25) is 0 Å². The van der Waals surface area contributed by atoms with E-state index in [1.807, 2.05) is 23.1 Å².